The molecule has 1 atom stereocenters. The molecular formula is C22H32N2OS. The van der Waals surface area contributed by atoms with Gasteiger partial charge in [0.25, 0.3) is 0 Å². The molecule has 2 aliphatic heterocycles. The zero-order valence-corrected chi connectivity index (χ0v) is 17.3. The molecule has 4 rings (SSSR count). The summed E-state index contributed by atoms with van der Waals surface area (Å²) in [5, 5.41) is 0. The van der Waals surface area contributed by atoms with Crippen molar-refractivity contribution in [3.63, 3.8) is 0 Å². The topological polar surface area (TPSA) is 23.6 Å². The Labute approximate surface area is 162 Å². The summed E-state index contributed by atoms with van der Waals surface area (Å²) in [6.07, 6.45) is 7.90. The van der Waals surface area contributed by atoms with Gasteiger partial charge >= 0.3 is 0 Å². The third-order valence-corrected chi connectivity index (χ3v) is 7.80. The van der Waals surface area contributed by atoms with Crippen LogP contribution < -0.4 is 0 Å². The first-order valence-electron chi connectivity index (χ1n) is 10.3. The van der Waals surface area contributed by atoms with Crippen LogP contribution in [0.5, 0.6) is 0 Å². The Hall–Kier alpha value is -1.00. The number of hydrogen-bond donors (Lipinski definition) is 0. The van der Waals surface area contributed by atoms with Gasteiger partial charge in [0.1, 0.15) is 0 Å². The lowest BCUT2D eigenvalue weighted by molar-refractivity contribution is -0.135. The van der Waals surface area contributed by atoms with Crippen LogP contribution >= 0.6 is 11.9 Å². The highest BCUT2D eigenvalue weighted by atomic mass is 32.2. The zero-order valence-electron chi connectivity index (χ0n) is 16.5. The minimum Gasteiger partial charge on any atom is -0.338 e. The van der Waals surface area contributed by atoms with Crippen LogP contribution in [-0.2, 0) is 17.8 Å². The molecule has 1 amide bonds. The van der Waals surface area contributed by atoms with Gasteiger partial charge in [-0.1, -0.05) is 33.3 Å². The fourth-order valence-electron chi connectivity index (χ4n) is 4.90. The molecule has 3 nitrogen and oxygen atoms in total. The second-order valence-electron chi connectivity index (χ2n) is 8.88. The van der Waals surface area contributed by atoms with Gasteiger partial charge in [-0.25, -0.2) is 4.31 Å². The van der Waals surface area contributed by atoms with E-state index >= 15 is 0 Å². The molecule has 142 valence electrons. The summed E-state index contributed by atoms with van der Waals surface area (Å²) in [6, 6.07) is 7.65. The second kappa shape index (κ2) is 7.20. The van der Waals surface area contributed by atoms with Crippen molar-refractivity contribution in [1.29, 1.82) is 0 Å². The summed E-state index contributed by atoms with van der Waals surface area (Å²) in [5.74, 6) is 0.369. The highest BCUT2D eigenvalue weighted by molar-refractivity contribution is 7.97. The van der Waals surface area contributed by atoms with Crippen LogP contribution in [0.15, 0.2) is 23.1 Å². The molecule has 1 spiro atoms. The standard InChI is InChI=1S/C22H32N2OS/c1-4-19-13-22(9-5-10-22)15-24(19)26-20-7-6-17-8-11-23(14-18(17)12-20)21(25)16(2)3/h6-7,12,16,19H,4-5,8-11,13-15H2,1-3H3. The Balaban J connectivity index is 1.47. The SMILES string of the molecule is CCC1CC2(CCC2)CN1Sc1ccc2c(c1)CN(C(=O)C(C)C)CC2. The molecule has 1 saturated carbocycles. The minimum atomic E-state index is 0.0858. The number of fused-ring (bicyclic) bond motifs is 1. The van der Waals surface area contributed by atoms with E-state index in [1.807, 2.05) is 30.7 Å². The number of rotatable bonds is 4. The van der Waals surface area contributed by atoms with Crippen LogP contribution in [0.1, 0.15) is 64.0 Å². The molecule has 26 heavy (non-hydrogen) atoms. The van der Waals surface area contributed by atoms with E-state index in [-0.39, 0.29) is 11.8 Å². The van der Waals surface area contributed by atoms with E-state index in [0.29, 0.717) is 5.41 Å². The van der Waals surface area contributed by atoms with E-state index in [0.717, 1.165) is 25.6 Å². The highest BCUT2D eigenvalue weighted by Crippen LogP contribution is 2.53. The van der Waals surface area contributed by atoms with E-state index < -0.39 is 0 Å². The molecule has 1 aliphatic carbocycles. The quantitative estimate of drug-likeness (QED) is 0.703. The molecule has 0 N–H and O–H groups in total. The number of amides is 1. The van der Waals surface area contributed by atoms with Crippen molar-refractivity contribution in [2.45, 2.75) is 76.8 Å². The van der Waals surface area contributed by atoms with E-state index in [4.69, 9.17) is 0 Å². The Morgan fingerprint density at radius 1 is 1.31 bits per heavy atom. The van der Waals surface area contributed by atoms with Crippen LogP contribution in [0, 0.1) is 11.3 Å². The summed E-state index contributed by atoms with van der Waals surface area (Å²) in [4.78, 5) is 15.8. The zero-order chi connectivity index (χ0) is 18.3. The van der Waals surface area contributed by atoms with Gasteiger partial charge in [0, 0.05) is 36.5 Å². The Morgan fingerprint density at radius 3 is 2.77 bits per heavy atom. The average molecular weight is 373 g/mol. The van der Waals surface area contributed by atoms with Crippen molar-refractivity contribution >= 4 is 17.9 Å². The van der Waals surface area contributed by atoms with Crippen LogP contribution in [0.2, 0.25) is 0 Å². The molecule has 0 radical (unpaired) electrons. The molecule has 0 bridgehead atoms. The molecule has 0 aromatic heterocycles. The summed E-state index contributed by atoms with van der Waals surface area (Å²) >= 11 is 1.95. The Morgan fingerprint density at radius 2 is 2.12 bits per heavy atom. The number of carbonyl (C=O) groups is 1. The molecule has 1 unspecified atom stereocenters. The van der Waals surface area contributed by atoms with Gasteiger partial charge in [0.05, 0.1) is 0 Å². The number of carbonyl (C=O) groups excluding carboxylic acids is 1. The van der Waals surface area contributed by atoms with Gasteiger partial charge in [0.2, 0.25) is 5.91 Å². The maximum atomic E-state index is 12.4. The number of nitrogens with zero attached hydrogens (tertiary/aromatic N) is 2. The Bertz CT molecular complexity index is 683. The van der Waals surface area contributed by atoms with E-state index in [1.54, 1.807) is 0 Å². The summed E-state index contributed by atoms with van der Waals surface area (Å²) in [6.45, 7) is 9.23. The average Bonchev–Trinajstić information content (AvgIpc) is 2.99. The molecule has 1 aromatic rings. The lowest BCUT2D eigenvalue weighted by Gasteiger charge is -2.38. The lowest BCUT2D eigenvalue weighted by Crippen LogP contribution is -2.38. The lowest BCUT2D eigenvalue weighted by atomic mass is 9.67. The predicted octanol–water partition coefficient (Wildman–Crippen LogP) is 4.89. The maximum absolute atomic E-state index is 12.4. The van der Waals surface area contributed by atoms with Crippen molar-refractivity contribution in [2.75, 3.05) is 13.1 Å². The first-order chi connectivity index (χ1) is 12.5. The van der Waals surface area contributed by atoms with Crippen molar-refractivity contribution in [3.8, 4) is 0 Å². The van der Waals surface area contributed by atoms with Gasteiger partial charge in [-0.15, -0.1) is 0 Å². The third-order valence-electron chi connectivity index (χ3n) is 6.67. The fourth-order valence-corrected chi connectivity index (χ4v) is 6.20. The van der Waals surface area contributed by atoms with Crippen molar-refractivity contribution in [3.05, 3.63) is 29.3 Å². The Kier molecular flexibility index (Phi) is 5.08. The van der Waals surface area contributed by atoms with Crippen molar-refractivity contribution in [2.24, 2.45) is 11.3 Å². The van der Waals surface area contributed by atoms with Crippen LogP contribution in [0.25, 0.3) is 0 Å². The van der Waals surface area contributed by atoms with Gasteiger partial charge < -0.3 is 4.90 Å². The predicted molar refractivity (Wildman–Crippen MR) is 108 cm³/mol. The van der Waals surface area contributed by atoms with Gasteiger partial charge in [-0.05, 0) is 72.7 Å². The molecule has 2 fully saturated rings. The first kappa shape index (κ1) is 18.4. The molecule has 1 saturated heterocycles. The van der Waals surface area contributed by atoms with Crippen molar-refractivity contribution < 1.29 is 4.79 Å². The van der Waals surface area contributed by atoms with E-state index in [2.05, 4.69) is 29.4 Å². The highest BCUT2D eigenvalue weighted by Gasteiger charge is 2.47. The number of hydrogen-bond acceptors (Lipinski definition) is 3. The van der Waals surface area contributed by atoms with E-state index in [9.17, 15) is 4.79 Å². The molecule has 1 aromatic carbocycles. The van der Waals surface area contributed by atoms with Gasteiger partial charge in [-0.2, -0.15) is 0 Å². The first-order valence-corrected chi connectivity index (χ1v) is 11.1. The van der Waals surface area contributed by atoms with Crippen molar-refractivity contribution in [1.82, 2.24) is 9.21 Å². The minimum absolute atomic E-state index is 0.0858. The molecule has 4 heteroatoms. The fraction of sp³-hybridized carbons (Fsp3) is 0.682. The smallest absolute Gasteiger partial charge is 0.225 e. The van der Waals surface area contributed by atoms with Crippen LogP contribution in [0.4, 0.5) is 0 Å². The summed E-state index contributed by atoms with van der Waals surface area (Å²) in [7, 11) is 0. The number of benzene rings is 1. The summed E-state index contributed by atoms with van der Waals surface area (Å²) < 4.78 is 2.65. The third kappa shape index (κ3) is 3.43. The molecule has 3 aliphatic rings. The maximum Gasteiger partial charge on any atom is 0.225 e. The largest absolute Gasteiger partial charge is 0.338 e. The normalized spacial score (nSPS) is 24.8. The molecule has 2 heterocycles. The van der Waals surface area contributed by atoms with Gasteiger partial charge in [-0.3, -0.25) is 4.79 Å². The van der Waals surface area contributed by atoms with E-state index in [1.165, 1.54) is 54.7 Å². The molecular weight excluding hydrogens is 340 g/mol. The van der Waals surface area contributed by atoms with Gasteiger partial charge in [0.15, 0.2) is 0 Å². The second-order valence-corrected chi connectivity index (χ2v) is 10.0. The van der Waals surface area contributed by atoms with Crippen LogP contribution in [0.3, 0.4) is 0 Å². The monoisotopic (exact) mass is 372 g/mol. The van der Waals surface area contributed by atoms with Crippen LogP contribution in [-0.4, -0.2) is 34.2 Å². The summed E-state index contributed by atoms with van der Waals surface area (Å²) in [5.41, 5.74) is 3.40.